The van der Waals surface area contributed by atoms with Crippen molar-refractivity contribution in [3.63, 3.8) is 0 Å². The van der Waals surface area contributed by atoms with Crippen LogP contribution in [-0.4, -0.2) is 34.4 Å². The maximum atomic E-state index is 13.2. The van der Waals surface area contributed by atoms with Crippen LogP contribution < -0.4 is 4.74 Å². The van der Waals surface area contributed by atoms with E-state index in [1.54, 1.807) is 36.8 Å². The molecule has 1 saturated heterocycles. The average molecular weight is 490 g/mol. The van der Waals surface area contributed by atoms with E-state index >= 15 is 0 Å². The number of aromatic hydroxyl groups is 1. The molecular weight excluding hydrogens is 462 g/mol. The number of carbonyl (C=O) groups excluding carboxylic acids is 1. The molecule has 1 aromatic heterocycles. The number of thioether (sulfide) groups is 1. The first-order valence-electron chi connectivity index (χ1n) is 11.1. The lowest BCUT2D eigenvalue weighted by molar-refractivity contribution is -0.122. The molecule has 2 aromatic carbocycles. The Hall–Kier alpha value is -3.78. The van der Waals surface area contributed by atoms with E-state index in [2.05, 4.69) is 43.1 Å². The van der Waals surface area contributed by atoms with Crippen molar-refractivity contribution >= 4 is 35.1 Å². The minimum absolute atomic E-state index is 0.0339. The van der Waals surface area contributed by atoms with Gasteiger partial charge in [-0.2, -0.15) is 5.10 Å². The highest BCUT2D eigenvalue weighted by molar-refractivity contribution is 8.18. The highest BCUT2D eigenvalue weighted by atomic mass is 32.2. The van der Waals surface area contributed by atoms with Crippen LogP contribution in [0.2, 0.25) is 0 Å². The Bertz CT molecular complexity index is 1290. The molecule has 0 aliphatic carbocycles. The fourth-order valence-corrected chi connectivity index (χ4v) is 4.36. The van der Waals surface area contributed by atoms with E-state index in [0.29, 0.717) is 21.6 Å². The zero-order valence-electron chi connectivity index (χ0n) is 20.1. The van der Waals surface area contributed by atoms with E-state index in [4.69, 9.17) is 9.15 Å². The number of benzene rings is 2. The first-order valence-corrected chi connectivity index (χ1v) is 11.9. The second kappa shape index (κ2) is 10.2. The lowest BCUT2D eigenvalue weighted by atomic mass is 9.87. The summed E-state index contributed by atoms with van der Waals surface area (Å²) in [4.78, 5) is 15.2. The number of amidine groups is 1. The monoisotopic (exact) mass is 489 g/mol. The first-order chi connectivity index (χ1) is 16.7. The van der Waals surface area contributed by atoms with E-state index in [1.165, 1.54) is 35.4 Å². The van der Waals surface area contributed by atoms with Gasteiger partial charge in [0, 0.05) is 0 Å². The lowest BCUT2D eigenvalue weighted by Gasteiger charge is -2.18. The van der Waals surface area contributed by atoms with Gasteiger partial charge in [0.2, 0.25) is 0 Å². The van der Waals surface area contributed by atoms with E-state index in [9.17, 15) is 9.90 Å². The van der Waals surface area contributed by atoms with Crippen molar-refractivity contribution in [2.24, 2.45) is 10.2 Å². The van der Waals surface area contributed by atoms with Gasteiger partial charge in [0.25, 0.3) is 5.91 Å². The van der Waals surface area contributed by atoms with Crippen molar-refractivity contribution in [1.82, 2.24) is 4.90 Å². The Morgan fingerprint density at radius 1 is 1.11 bits per heavy atom. The number of methoxy groups -OCH3 is 1. The van der Waals surface area contributed by atoms with Crippen LogP contribution in [0.5, 0.6) is 11.5 Å². The maximum Gasteiger partial charge on any atom is 0.267 e. The standard InChI is InChI=1S/C27H27N3O4S/c1-27(2,3)20-10-7-18(8-11-20)16-28-29-26-30(17-21-6-5-13-34-21)25(32)24(35-26)15-19-9-12-22(31)23(14-19)33-4/h5-16,31H,17H2,1-4H3/b24-15-,28-16+,29-26-. The van der Waals surface area contributed by atoms with Crippen LogP contribution in [0.25, 0.3) is 6.08 Å². The smallest absolute Gasteiger partial charge is 0.267 e. The van der Waals surface area contributed by atoms with Crippen LogP contribution in [0.1, 0.15) is 43.2 Å². The van der Waals surface area contributed by atoms with E-state index in [0.717, 1.165) is 11.1 Å². The third-order valence-corrected chi connectivity index (χ3v) is 6.41. The summed E-state index contributed by atoms with van der Waals surface area (Å²) < 4.78 is 10.6. The summed E-state index contributed by atoms with van der Waals surface area (Å²) in [6.07, 6.45) is 4.97. The second-order valence-electron chi connectivity index (χ2n) is 9.01. The minimum atomic E-state index is -0.207. The van der Waals surface area contributed by atoms with Crippen LogP contribution in [0, 0.1) is 0 Å². The summed E-state index contributed by atoms with van der Waals surface area (Å²) in [6, 6.07) is 16.7. The summed E-state index contributed by atoms with van der Waals surface area (Å²) in [5.41, 5.74) is 2.95. The van der Waals surface area contributed by atoms with Gasteiger partial charge in [-0.15, -0.1) is 5.10 Å². The Labute approximate surface area is 208 Å². The Morgan fingerprint density at radius 2 is 1.86 bits per heavy atom. The molecule has 0 radical (unpaired) electrons. The molecule has 1 fully saturated rings. The van der Waals surface area contributed by atoms with Gasteiger partial charge in [0.1, 0.15) is 5.76 Å². The molecule has 3 aromatic rings. The molecule has 8 heteroatoms. The molecule has 7 nitrogen and oxygen atoms in total. The molecular formula is C27H27N3O4S. The molecule has 1 amide bonds. The largest absolute Gasteiger partial charge is 0.504 e. The summed E-state index contributed by atoms with van der Waals surface area (Å²) in [5, 5.41) is 18.9. The highest BCUT2D eigenvalue weighted by Gasteiger charge is 2.34. The SMILES string of the molecule is COc1cc(/C=C2\S/C(=N\N=C\c3ccc(C(C)(C)C)cc3)N(Cc3ccco3)C2=O)ccc1O. The van der Waals surface area contributed by atoms with E-state index in [1.807, 2.05) is 18.2 Å². The number of phenols is 1. The summed E-state index contributed by atoms with van der Waals surface area (Å²) in [7, 11) is 1.48. The zero-order chi connectivity index (χ0) is 25.0. The fraction of sp³-hybridized carbons (Fsp3) is 0.222. The van der Waals surface area contributed by atoms with Crippen LogP contribution in [0.3, 0.4) is 0 Å². The van der Waals surface area contributed by atoms with Gasteiger partial charge in [0.15, 0.2) is 16.7 Å². The number of phenolic OH excluding ortho intramolecular Hbond substituents is 1. The van der Waals surface area contributed by atoms with Crippen molar-refractivity contribution in [2.75, 3.05) is 7.11 Å². The highest BCUT2D eigenvalue weighted by Crippen LogP contribution is 2.35. The van der Waals surface area contributed by atoms with Crippen molar-refractivity contribution in [1.29, 1.82) is 0 Å². The molecule has 0 spiro atoms. The van der Waals surface area contributed by atoms with Gasteiger partial charge < -0.3 is 14.3 Å². The number of furan rings is 1. The average Bonchev–Trinajstić information content (AvgIpc) is 3.44. The summed E-state index contributed by atoms with van der Waals surface area (Å²) >= 11 is 1.23. The van der Waals surface area contributed by atoms with Gasteiger partial charge in [0.05, 0.1) is 31.0 Å². The van der Waals surface area contributed by atoms with E-state index < -0.39 is 0 Å². The number of hydrogen-bond donors (Lipinski definition) is 1. The van der Waals surface area contributed by atoms with E-state index in [-0.39, 0.29) is 23.6 Å². The van der Waals surface area contributed by atoms with Crippen LogP contribution in [0.15, 0.2) is 80.4 Å². The molecule has 0 saturated carbocycles. The Kier molecular flexibility index (Phi) is 7.12. The molecule has 0 bridgehead atoms. The topological polar surface area (TPSA) is 87.6 Å². The zero-order valence-corrected chi connectivity index (χ0v) is 20.9. The molecule has 0 atom stereocenters. The third kappa shape index (κ3) is 5.84. The molecule has 1 aliphatic heterocycles. The molecule has 4 rings (SSSR count). The normalized spacial score (nSPS) is 16.7. The third-order valence-electron chi connectivity index (χ3n) is 5.41. The number of rotatable bonds is 6. The van der Waals surface area contributed by atoms with Gasteiger partial charge in [-0.05, 0) is 64.2 Å². The van der Waals surface area contributed by atoms with Crippen LogP contribution in [0.4, 0.5) is 0 Å². The molecule has 0 unspecified atom stereocenters. The molecule has 2 heterocycles. The minimum Gasteiger partial charge on any atom is -0.504 e. The molecule has 35 heavy (non-hydrogen) atoms. The number of nitrogens with zero attached hydrogens (tertiary/aromatic N) is 3. The van der Waals surface area contributed by atoms with Gasteiger partial charge in [-0.1, -0.05) is 51.1 Å². The Balaban J connectivity index is 1.60. The van der Waals surface area contributed by atoms with Gasteiger partial charge in [-0.25, -0.2) is 0 Å². The predicted molar refractivity (Wildman–Crippen MR) is 140 cm³/mol. The fourth-order valence-electron chi connectivity index (χ4n) is 3.43. The van der Waals surface area contributed by atoms with Gasteiger partial charge >= 0.3 is 0 Å². The van der Waals surface area contributed by atoms with Crippen LogP contribution >= 0.6 is 11.8 Å². The first kappa shape index (κ1) is 24.3. The molecule has 1 N–H and O–H groups in total. The van der Waals surface area contributed by atoms with Gasteiger partial charge in [-0.3, -0.25) is 9.69 Å². The summed E-state index contributed by atoms with van der Waals surface area (Å²) in [5.74, 6) is 0.799. The Morgan fingerprint density at radius 3 is 2.51 bits per heavy atom. The number of ether oxygens (including phenoxy) is 1. The second-order valence-corrected chi connectivity index (χ2v) is 10.0. The van der Waals surface area contributed by atoms with Crippen molar-refractivity contribution < 1.29 is 19.1 Å². The van der Waals surface area contributed by atoms with Crippen molar-refractivity contribution in [2.45, 2.75) is 32.7 Å². The quantitative estimate of drug-likeness (QED) is 0.269. The maximum absolute atomic E-state index is 13.2. The van der Waals surface area contributed by atoms with Crippen LogP contribution in [-0.2, 0) is 16.8 Å². The van der Waals surface area contributed by atoms with Crippen molar-refractivity contribution in [3.05, 3.63) is 88.2 Å². The summed E-state index contributed by atoms with van der Waals surface area (Å²) in [6.45, 7) is 6.75. The number of amides is 1. The predicted octanol–water partition coefficient (Wildman–Crippen LogP) is 5.80. The van der Waals surface area contributed by atoms with Crippen molar-refractivity contribution in [3.8, 4) is 11.5 Å². The lowest BCUT2D eigenvalue weighted by Crippen LogP contribution is -2.28. The molecule has 1 aliphatic rings. The molecule has 180 valence electrons. The number of carbonyl (C=O) groups is 1. The number of hydrogen-bond acceptors (Lipinski definition) is 7.